The molecule has 1 aromatic heterocycles. The number of nitrogens with one attached hydrogen (secondary N) is 1. The first-order valence-electron chi connectivity index (χ1n) is 8.87. The number of anilines is 1. The predicted molar refractivity (Wildman–Crippen MR) is 103 cm³/mol. The van der Waals surface area contributed by atoms with Gasteiger partial charge in [-0.05, 0) is 30.2 Å². The molecule has 1 aliphatic rings. The molecule has 7 heteroatoms. The number of carbonyl (C=O) groups is 3. The van der Waals surface area contributed by atoms with Crippen LogP contribution in [0.3, 0.4) is 0 Å². The third kappa shape index (κ3) is 3.29. The number of benzene rings is 2. The van der Waals surface area contributed by atoms with Crippen molar-refractivity contribution >= 4 is 23.4 Å². The third-order valence-corrected chi connectivity index (χ3v) is 4.66. The number of imide groups is 1. The van der Waals surface area contributed by atoms with Crippen LogP contribution in [-0.2, 0) is 13.5 Å². The van der Waals surface area contributed by atoms with E-state index in [2.05, 4.69) is 10.4 Å². The monoisotopic (exact) mass is 374 g/mol. The van der Waals surface area contributed by atoms with Crippen LogP contribution >= 0.6 is 0 Å². The zero-order valence-corrected chi connectivity index (χ0v) is 15.3. The van der Waals surface area contributed by atoms with E-state index in [-0.39, 0.29) is 23.3 Å². The highest BCUT2D eigenvalue weighted by molar-refractivity contribution is 6.22. The molecule has 0 saturated heterocycles. The van der Waals surface area contributed by atoms with E-state index in [9.17, 15) is 14.4 Å². The normalized spacial score (nSPS) is 13.0. The number of carbonyl (C=O) groups excluding carboxylic acids is 3. The first-order valence-corrected chi connectivity index (χ1v) is 8.87. The Kier molecular flexibility index (Phi) is 4.49. The summed E-state index contributed by atoms with van der Waals surface area (Å²) in [5, 5.41) is 6.72. The second kappa shape index (κ2) is 7.11. The lowest BCUT2D eigenvalue weighted by Crippen LogP contribution is -2.31. The minimum Gasteiger partial charge on any atom is -0.319 e. The van der Waals surface area contributed by atoms with Gasteiger partial charge in [-0.2, -0.15) is 5.10 Å². The molecule has 1 N–H and O–H groups in total. The molecule has 0 spiro atoms. The summed E-state index contributed by atoms with van der Waals surface area (Å²) < 4.78 is 1.57. The van der Waals surface area contributed by atoms with Crippen LogP contribution in [-0.4, -0.2) is 38.9 Å². The van der Waals surface area contributed by atoms with Gasteiger partial charge in [0, 0.05) is 25.4 Å². The number of aryl methyl sites for hydroxylation is 1. The average molecular weight is 374 g/mol. The Bertz CT molecular complexity index is 1070. The molecule has 0 radical (unpaired) electrons. The topological polar surface area (TPSA) is 84.3 Å². The number of hydrogen-bond acceptors (Lipinski definition) is 4. The summed E-state index contributed by atoms with van der Waals surface area (Å²) in [5.74, 6) is -1.05. The van der Waals surface area contributed by atoms with E-state index in [0.717, 1.165) is 5.56 Å². The van der Waals surface area contributed by atoms with Crippen molar-refractivity contribution in [3.05, 3.63) is 83.2 Å². The summed E-state index contributed by atoms with van der Waals surface area (Å²) in [5.41, 5.74) is 2.51. The summed E-state index contributed by atoms with van der Waals surface area (Å²) >= 11 is 0. The standard InChI is InChI=1S/C21H18N4O3/c1-24-13-16(12-22-24)23-19(26)15-7-8-17-18(11-15)21(28)25(20(17)27)10-9-14-5-3-2-4-6-14/h2-8,11-13H,9-10H2,1H3,(H,23,26). The maximum absolute atomic E-state index is 12.7. The summed E-state index contributed by atoms with van der Waals surface area (Å²) in [4.78, 5) is 39.0. The third-order valence-electron chi connectivity index (χ3n) is 4.66. The molecule has 0 atom stereocenters. The van der Waals surface area contributed by atoms with Crippen molar-refractivity contribution in [2.24, 2.45) is 7.05 Å². The molecule has 140 valence electrons. The molecular formula is C21H18N4O3. The molecule has 2 aromatic carbocycles. The van der Waals surface area contributed by atoms with Gasteiger partial charge in [0.15, 0.2) is 0 Å². The molecule has 0 aliphatic carbocycles. The quantitative estimate of drug-likeness (QED) is 0.696. The number of nitrogens with zero attached hydrogens (tertiary/aromatic N) is 3. The Balaban J connectivity index is 1.51. The van der Waals surface area contributed by atoms with Crippen molar-refractivity contribution in [1.29, 1.82) is 0 Å². The molecule has 1 aliphatic heterocycles. The summed E-state index contributed by atoms with van der Waals surface area (Å²) in [6.07, 6.45) is 3.79. The fraction of sp³-hybridized carbons (Fsp3) is 0.143. The number of aromatic nitrogens is 2. The van der Waals surface area contributed by atoms with Crippen molar-refractivity contribution in [3.63, 3.8) is 0 Å². The molecule has 3 amide bonds. The fourth-order valence-electron chi connectivity index (χ4n) is 3.21. The van der Waals surface area contributed by atoms with Crippen LogP contribution in [0, 0.1) is 0 Å². The van der Waals surface area contributed by atoms with Crippen molar-refractivity contribution in [2.45, 2.75) is 6.42 Å². The Labute approximate surface area is 161 Å². The summed E-state index contributed by atoms with van der Waals surface area (Å²) in [7, 11) is 1.75. The Hall–Kier alpha value is -3.74. The Morgan fingerprint density at radius 1 is 1.04 bits per heavy atom. The van der Waals surface area contributed by atoms with Gasteiger partial charge in [0.05, 0.1) is 23.0 Å². The van der Waals surface area contributed by atoms with Crippen molar-refractivity contribution in [1.82, 2.24) is 14.7 Å². The highest BCUT2D eigenvalue weighted by atomic mass is 16.2. The van der Waals surface area contributed by atoms with E-state index in [0.29, 0.717) is 29.8 Å². The number of fused-ring (bicyclic) bond motifs is 1. The van der Waals surface area contributed by atoms with Gasteiger partial charge in [-0.1, -0.05) is 30.3 Å². The van der Waals surface area contributed by atoms with Gasteiger partial charge < -0.3 is 5.32 Å². The first kappa shape index (κ1) is 17.7. The van der Waals surface area contributed by atoms with Gasteiger partial charge in [0.1, 0.15) is 0 Å². The van der Waals surface area contributed by atoms with Crippen LogP contribution in [0.15, 0.2) is 60.9 Å². The SMILES string of the molecule is Cn1cc(NC(=O)c2ccc3c(c2)C(=O)N(CCc2ccccc2)C3=O)cn1. The van der Waals surface area contributed by atoms with E-state index in [1.807, 2.05) is 30.3 Å². The first-order chi connectivity index (χ1) is 13.5. The second-order valence-corrected chi connectivity index (χ2v) is 6.61. The number of amides is 3. The number of rotatable bonds is 5. The molecule has 3 aromatic rings. The maximum Gasteiger partial charge on any atom is 0.261 e. The highest BCUT2D eigenvalue weighted by Crippen LogP contribution is 2.25. The molecule has 2 heterocycles. The smallest absolute Gasteiger partial charge is 0.261 e. The largest absolute Gasteiger partial charge is 0.319 e. The lowest BCUT2D eigenvalue weighted by atomic mass is 10.1. The van der Waals surface area contributed by atoms with E-state index in [4.69, 9.17) is 0 Å². The zero-order valence-electron chi connectivity index (χ0n) is 15.3. The highest BCUT2D eigenvalue weighted by Gasteiger charge is 2.35. The molecule has 7 nitrogen and oxygen atoms in total. The van der Waals surface area contributed by atoms with Crippen LogP contribution in [0.2, 0.25) is 0 Å². The summed E-state index contributed by atoms with van der Waals surface area (Å²) in [6.45, 7) is 0.299. The molecule has 0 unspecified atom stereocenters. The van der Waals surface area contributed by atoms with Crippen molar-refractivity contribution < 1.29 is 14.4 Å². The summed E-state index contributed by atoms with van der Waals surface area (Å²) in [6, 6.07) is 14.2. The Morgan fingerprint density at radius 2 is 1.79 bits per heavy atom. The molecule has 28 heavy (non-hydrogen) atoms. The van der Waals surface area contributed by atoms with Gasteiger partial charge in [-0.15, -0.1) is 0 Å². The van der Waals surface area contributed by atoms with Crippen LogP contribution < -0.4 is 5.32 Å². The van der Waals surface area contributed by atoms with Crippen LogP contribution in [0.25, 0.3) is 0 Å². The van der Waals surface area contributed by atoms with Crippen LogP contribution in [0.1, 0.15) is 36.6 Å². The van der Waals surface area contributed by atoms with E-state index in [1.165, 1.54) is 23.2 Å². The van der Waals surface area contributed by atoms with Crippen LogP contribution in [0.4, 0.5) is 5.69 Å². The molecule has 0 saturated carbocycles. The predicted octanol–water partition coefficient (Wildman–Crippen LogP) is 2.51. The van der Waals surface area contributed by atoms with E-state index in [1.54, 1.807) is 24.0 Å². The lowest BCUT2D eigenvalue weighted by molar-refractivity contribution is 0.0656. The van der Waals surface area contributed by atoms with E-state index < -0.39 is 0 Å². The maximum atomic E-state index is 12.7. The van der Waals surface area contributed by atoms with Crippen LogP contribution in [0.5, 0.6) is 0 Å². The molecule has 0 fully saturated rings. The lowest BCUT2D eigenvalue weighted by Gasteiger charge is -2.13. The second-order valence-electron chi connectivity index (χ2n) is 6.61. The van der Waals surface area contributed by atoms with Gasteiger partial charge in [0.2, 0.25) is 0 Å². The molecule has 4 rings (SSSR count). The van der Waals surface area contributed by atoms with Gasteiger partial charge in [0.25, 0.3) is 17.7 Å². The van der Waals surface area contributed by atoms with E-state index >= 15 is 0 Å². The minimum absolute atomic E-state index is 0.261. The number of hydrogen-bond donors (Lipinski definition) is 1. The zero-order chi connectivity index (χ0) is 19.7. The molecular weight excluding hydrogens is 356 g/mol. The van der Waals surface area contributed by atoms with Gasteiger partial charge in [-0.3, -0.25) is 24.0 Å². The van der Waals surface area contributed by atoms with Crippen molar-refractivity contribution in [2.75, 3.05) is 11.9 Å². The van der Waals surface area contributed by atoms with Crippen molar-refractivity contribution in [3.8, 4) is 0 Å². The Morgan fingerprint density at radius 3 is 2.50 bits per heavy atom. The van der Waals surface area contributed by atoms with Gasteiger partial charge >= 0.3 is 0 Å². The van der Waals surface area contributed by atoms with Gasteiger partial charge in [-0.25, -0.2) is 0 Å². The average Bonchev–Trinajstić information content (AvgIpc) is 3.22. The minimum atomic E-state index is -0.369. The fourth-order valence-corrected chi connectivity index (χ4v) is 3.21. The molecule has 0 bridgehead atoms.